The van der Waals surface area contributed by atoms with Crippen LogP contribution in [0.15, 0.2) is 83.4 Å². The number of ether oxygens (including phenoxy) is 1. The van der Waals surface area contributed by atoms with E-state index < -0.39 is 12.1 Å². The van der Waals surface area contributed by atoms with Crippen LogP contribution >= 0.6 is 0 Å². The molecule has 1 amide bonds. The predicted molar refractivity (Wildman–Crippen MR) is 125 cm³/mol. The van der Waals surface area contributed by atoms with Crippen LogP contribution in [-0.2, 0) is 4.74 Å². The normalized spacial score (nSPS) is 10.6. The van der Waals surface area contributed by atoms with E-state index in [1.54, 1.807) is 38.1 Å². The number of carbonyl (C=O) groups is 2. The quantitative estimate of drug-likeness (QED) is 0.376. The van der Waals surface area contributed by atoms with E-state index in [2.05, 4.69) is 5.16 Å². The smallest absolute Gasteiger partial charge is 0.419 e. The molecule has 7 nitrogen and oxygen atoms in total. The average molecular weight is 442 g/mol. The highest BCUT2D eigenvalue weighted by Crippen LogP contribution is 2.39. The van der Waals surface area contributed by atoms with Crippen LogP contribution in [0.25, 0.3) is 22.5 Å². The minimum Gasteiger partial charge on any atom is -0.478 e. The minimum atomic E-state index is -0.963. The molecular formula is C26H22N2O5. The van der Waals surface area contributed by atoms with Crippen LogP contribution in [0.2, 0.25) is 0 Å². The molecule has 166 valence electrons. The Hall–Kier alpha value is -4.39. The second-order valence-electron chi connectivity index (χ2n) is 7.28. The highest BCUT2D eigenvalue weighted by atomic mass is 16.6. The van der Waals surface area contributed by atoms with Crippen molar-refractivity contribution >= 4 is 23.4 Å². The van der Waals surface area contributed by atoms with E-state index in [0.717, 1.165) is 16.7 Å². The third-order valence-corrected chi connectivity index (χ3v) is 5.13. The fourth-order valence-electron chi connectivity index (χ4n) is 3.53. The Morgan fingerprint density at radius 3 is 2.06 bits per heavy atom. The summed E-state index contributed by atoms with van der Waals surface area (Å²) in [5.41, 5.74) is 4.47. The molecule has 1 aromatic heterocycles. The summed E-state index contributed by atoms with van der Waals surface area (Å²) in [6, 6.07) is 23.4. The van der Waals surface area contributed by atoms with Crippen molar-refractivity contribution in [2.24, 2.45) is 0 Å². The lowest BCUT2D eigenvalue weighted by molar-refractivity contribution is 0.0697. The fraction of sp³-hybridized carbons (Fsp3) is 0.115. The van der Waals surface area contributed by atoms with Crippen LogP contribution in [0.1, 0.15) is 23.0 Å². The van der Waals surface area contributed by atoms with E-state index >= 15 is 0 Å². The molecule has 0 atom stereocenters. The van der Waals surface area contributed by atoms with Crippen molar-refractivity contribution in [3.8, 4) is 22.5 Å². The van der Waals surface area contributed by atoms with Crippen molar-refractivity contribution in [3.63, 3.8) is 0 Å². The van der Waals surface area contributed by atoms with Crippen LogP contribution in [0.4, 0.5) is 16.2 Å². The standard InChI is InChI=1S/C26H22N2O5/c1-3-32-26(31)28(22-7-5-4-6-8-22)23-17(2)27-33-24(23)20-13-9-18(10-14-20)19-11-15-21(16-12-19)25(29)30/h4-16H,3H2,1-2H3,(H,29,30). The van der Waals surface area contributed by atoms with Gasteiger partial charge in [0.15, 0.2) is 5.76 Å². The summed E-state index contributed by atoms with van der Waals surface area (Å²) in [6.07, 6.45) is -0.522. The highest BCUT2D eigenvalue weighted by molar-refractivity contribution is 6.00. The number of hydrogen-bond donors (Lipinski definition) is 1. The van der Waals surface area contributed by atoms with Gasteiger partial charge >= 0.3 is 12.1 Å². The number of rotatable bonds is 6. The lowest BCUT2D eigenvalue weighted by Crippen LogP contribution is -2.27. The number of anilines is 2. The number of nitrogens with zero attached hydrogens (tertiary/aromatic N) is 2. The lowest BCUT2D eigenvalue weighted by Gasteiger charge is -2.22. The summed E-state index contributed by atoms with van der Waals surface area (Å²) in [4.78, 5) is 25.4. The first-order chi connectivity index (χ1) is 16.0. The van der Waals surface area contributed by atoms with Gasteiger partial charge in [-0.15, -0.1) is 0 Å². The molecule has 0 fully saturated rings. The van der Waals surface area contributed by atoms with Crippen LogP contribution in [0.3, 0.4) is 0 Å². The van der Waals surface area contributed by atoms with Crippen molar-refractivity contribution in [3.05, 3.63) is 90.1 Å². The van der Waals surface area contributed by atoms with Gasteiger partial charge in [0.05, 0.1) is 17.9 Å². The fourth-order valence-corrected chi connectivity index (χ4v) is 3.53. The van der Waals surface area contributed by atoms with Crippen LogP contribution in [-0.4, -0.2) is 28.9 Å². The average Bonchev–Trinajstić information content (AvgIpc) is 3.21. The first-order valence-corrected chi connectivity index (χ1v) is 10.4. The monoisotopic (exact) mass is 442 g/mol. The molecular weight excluding hydrogens is 420 g/mol. The molecule has 0 bridgehead atoms. The third-order valence-electron chi connectivity index (χ3n) is 5.13. The number of carbonyl (C=O) groups excluding carboxylic acids is 1. The van der Waals surface area contributed by atoms with Gasteiger partial charge in [0, 0.05) is 5.56 Å². The summed E-state index contributed by atoms with van der Waals surface area (Å²) in [6.45, 7) is 3.76. The Morgan fingerprint density at radius 1 is 0.909 bits per heavy atom. The molecule has 4 rings (SSSR count). The number of hydrogen-bond acceptors (Lipinski definition) is 5. The van der Waals surface area contributed by atoms with Gasteiger partial charge in [-0.1, -0.05) is 59.8 Å². The maximum Gasteiger partial charge on any atom is 0.419 e. The second-order valence-corrected chi connectivity index (χ2v) is 7.28. The van der Waals surface area contributed by atoms with Gasteiger partial charge in [0.1, 0.15) is 11.4 Å². The lowest BCUT2D eigenvalue weighted by atomic mass is 10.0. The summed E-state index contributed by atoms with van der Waals surface area (Å²) in [7, 11) is 0. The van der Waals surface area contributed by atoms with Crippen molar-refractivity contribution in [1.82, 2.24) is 5.16 Å². The van der Waals surface area contributed by atoms with E-state index in [-0.39, 0.29) is 12.2 Å². The van der Waals surface area contributed by atoms with Gasteiger partial charge in [-0.3, -0.25) is 0 Å². The van der Waals surface area contributed by atoms with Gasteiger partial charge < -0.3 is 14.4 Å². The van der Waals surface area contributed by atoms with E-state index in [9.17, 15) is 9.59 Å². The topological polar surface area (TPSA) is 92.9 Å². The molecule has 0 unspecified atom stereocenters. The van der Waals surface area contributed by atoms with Gasteiger partial charge in [0.25, 0.3) is 0 Å². The van der Waals surface area contributed by atoms with Gasteiger partial charge in [-0.05, 0) is 49.2 Å². The number of para-hydroxylation sites is 1. The zero-order chi connectivity index (χ0) is 23.4. The Balaban J connectivity index is 1.72. The molecule has 3 aromatic carbocycles. The van der Waals surface area contributed by atoms with Crippen molar-refractivity contribution < 1.29 is 24.0 Å². The molecule has 0 spiro atoms. The Bertz CT molecular complexity index is 1260. The maximum atomic E-state index is 12.9. The van der Waals surface area contributed by atoms with E-state index in [0.29, 0.717) is 22.8 Å². The Morgan fingerprint density at radius 2 is 1.48 bits per heavy atom. The molecule has 0 saturated carbocycles. The second kappa shape index (κ2) is 9.40. The predicted octanol–water partition coefficient (Wildman–Crippen LogP) is 6.31. The van der Waals surface area contributed by atoms with Gasteiger partial charge in [-0.2, -0.15) is 0 Å². The van der Waals surface area contributed by atoms with Gasteiger partial charge in [0.2, 0.25) is 0 Å². The van der Waals surface area contributed by atoms with E-state index in [1.165, 1.54) is 4.90 Å². The van der Waals surface area contributed by atoms with Crippen molar-refractivity contribution in [2.75, 3.05) is 11.5 Å². The maximum absolute atomic E-state index is 12.9. The summed E-state index contributed by atoms with van der Waals surface area (Å²) in [5, 5.41) is 13.2. The van der Waals surface area contributed by atoms with Gasteiger partial charge in [-0.25, -0.2) is 14.5 Å². The summed E-state index contributed by atoms with van der Waals surface area (Å²) >= 11 is 0. The minimum absolute atomic E-state index is 0.233. The van der Waals surface area contributed by atoms with E-state index in [1.807, 2.05) is 54.6 Å². The molecule has 0 radical (unpaired) electrons. The van der Waals surface area contributed by atoms with Crippen LogP contribution in [0.5, 0.6) is 0 Å². The molecule has 0 aliphatic heterocycles. The number of aromatic carboxylic acids is 1. The summed E-state index contributed by atoms with van der Waals surface area (Å²) < 4.78 is 10.9. The molecule has 33 heavy (non-hydrogen) atoms. The van der Waals surface area contributed by atoms with Crippen molar-refractivity contribution in [1.29, 1.82) is 0 Å². The largest absolute Gasteiger partial charge is 0.478 e. The first-order valence-electron chi connectivity index (χ1n) is 10.4. The Labute approximate surface area is 190 Å². The van der Waals surface area contributed by atoms with Crippen molar-refractivity contribution in [2.45, 2.75) is 13.8 Å². The number of carboxylic acids is 1. The number of benzene rings is 3. The zero-order valence-electron chi connectivity index (χ0n) is 18.2. The molecule has 4 aromatic rings. The molecule has 0 saturated heterocycles. The summed E-state index contributed by atoms with van der Waals surface area (Å²) in [5.74, 6) is -0.521. The highest BCUT2D eigenvalue weighted by Gasteiger charge is 2.28. The van der Waals surface area contributed by atoms with Crippen LogP contribution in [0, 0.1) is 6.92 Å². The van der Waals surface area contributed by atoms with Crippen LogP contribution < -0.4 is 4.90 Å². The molecule has 1 heterocycles. The third kappa shape index (κ3) is 4.48. The first kappa shape index (κ1) is 21.8. The molecule has 0 aliphatic rings. The molecule has 0 aliphatic carbocycles. The SMILES string of the molecule is CCOC(=O)N(c1ccccc1)c1c(C)noc1-c1ccc(-c2ccc(C(=O)O)cc2)cc1. The number of carboxylic acid groups (broad SMARTS) is 1. The van der Waals surface area contributed by atoms with E-state index in [4.69, 9.17) is 14.4 Å². The Kier molecular flexibility index (Phi) is 6.22. The number of amides is 1. The molecule has 7 heteroatoms. The molecule has 1 N–H and O–H groups in total. The number of aryl methyl sites for hydroxylation is 1. The number of aromatic nitrogens is 1. The zero-order valence-corrected chi connectivity index (χ0v) is 18.2.